The molecule has 0 heterocycles. The van der Waals surface area contributed by atoms with Gasteiger partial charge in [0.25, 0.3) is 0 Å². The van der Waals surface area contributed by atoms with Crippen LogP contribution in [0.2, 0.25) is 0 Å². The van der Waals surface area contributed by atoms with Crippen LogP contribution in [0.3, 0.4) is 0 Å². The van der Waals surface area contributed by atoms with Gasteiger partial charge in [0.05, 0.1) is 13.2 Å². The van der Waals surface area contributed by atoms with E-state index in [2.05, 4.69) is 10.8 Å². The Morgan fingerprint density at radius 3 is 2.62 bits per heavy atom. The van der Waals surface area contributed by atoms with Crippen molar-refractivity contribution >= 4 is 5.91 Å². The quantitative estimate of drug-likeness (QED) is 0.562. The molecule has 4 heteroatoms. The standard InChI is InChI=1S/C12H18N2O2/c1-10(2)14-12(15)8-13-16-9-11-6-4-3-5-7-11/h3-7,10,13H,8-9H2,1-2H3,(H,14,15). The minimum atomic E-state index is -0.0666. The molecule has 0 unspecified atom stereocenters. The molecule has 0 atom stereocenters. The van der Waals surface area contributed by atoms with Crippen molar-refractivity contribution in [1.82, 2.24) is 10.8 Å². The molecule has 1 amide bonds. The van der Waals surface area contributed by atoms with E-state index in [1.807, 2.05) is 44.2 Å². The second-order valence-corrected chi connectivity index (χ2v) is 3.82. The molecule has 4 nitrogen and oxygen atoms in total. The van der Waals surface area contributed by atoms with E-state index in [1.165, 1.54) is 0 Å². The van der Waals surface area contributed by atoms with E-state index in [-0.39, 0.29) is 18.5 Å². The lowest BCUT2D eigenvalue weighted by Crippen LogP contribution is -2.37. The van der Waals surface area contributed by atoms with E-state index in [1.54, 1.807) is 0 Å². The highest BCUT2D eigenvalue weighted by Crippen LogP contribution is 1.98. The average Bonchev–Trinajstić information content (AvgIpc) is 2.25. The fourth-order valence-electron chi connectivity index (χ4n) is 1.20. The molecule has 0 spiro atoms. The highest BCUT2D eigenvalue weighted by molar-refractivity contribution is 5.78. The first kappa shape index (κ1) is 12.7. The van der Waals surface area contributed by atoms with Gasteiger partial charge in [-0.3, -0.25) is 9.63 Å². The van der Waals surface area contributed by atoms with Crippen molar-refractivity contribution in [1.29, 1.82) is 0 Å². The summed E-state index contributed by atoms with van der Waals surface area (Å²) in [5, 5.41) is 2.76. The van der Waals surface area contributed by atoms with Gasteiger partial charge in [-0.2, -0.15) is 5.48 Å². The van der Waals surface area contributed by atoms with Gasteiger partial charge in [-0.25, -0.2) is 0 Å². The minimum absolute atomic E-state index is 0.0666. The number of hydrogen-bond donors (Lipinski definition) is 2. The third-order valence-corrected chi connectivity index (χ3v) is 1.87. The predicted octanol–water partition coefficient (Wildman–Crippen LogP) is 1.23. The molecule has 0 aliphatic heterocycles. The summed E-state index contributed by atoms with van der Waals surface area (Å²) in [4.78, 5) is 16.4. The SMILES string of the molecule is CC(C)NC(=O)CNOCc1ccccc1. The summed E-state index contributed by atoms with van der Waals surface area (Å²) >= 11 is 0. The number of carbonyl (C=O) groups is 1. The van der Waals surface area contributed by atoms with E-state index < -0.39 is 0 Å². The molecule has 88 valence electrons. The van der Waals surface area contributed by atoms with Crippen molar-refractivity contribution in [3.05, 3.63) is 35.9 Å². The molecule has 0 aliphatic carbocycles. The van der Waals surface area contributed by atoms with Gasteiger partial charge in [0.15, 0.2) is 0 Å². The van der Waals surface area contributed by atoms with E-state index in [4.69, 9.17) is 4.84 Å². The predicted molar refractivity (Wildman–Crippen MR) is 62.5 cm³/mol. The number of benzene rings is 1. The first-order chi connectivity index (χ1) is 7.68. The van der Waals surface area contributed by atoms with Crippen LogP contribution in [0.4, 0.5) is 0 Å². The van der Waals surface area contributed by atoms with Crippen LogP contribution in [-0.2, 0) is 16.2 Å². The lowest BCUT2D eigenvalue weighted by atomic mass is 10.2. The Morgan fingerprint density at radius 2 is 2.00 bits per heavy atom. The molecular weight excluding hydrogens is 204 g/mol. The van der Waals surface area contributed by atoms with Crippen LogP contribution in [-0.4, -0.2) is 18.5 Å². The summed E-state index contributed by atoms with van der Waals surface area (Å²) < 4.78 is 0. The molecule has 1 aromatic rings. The number of nitrogens with one attached hydrogen (secondary N) is 2. The van der Waals surface area contributed by atoms with Gasteiger partial charge in [0, 0.05) is 6.04 Å². The zero-order chi connectivity index (χ0) is 11.8. The number of hydroxylamine groups is 1. The average molecular weight is 222 g/mol. The Balaban J connectivity index is 2.10. The van der Waals surface area contributed by atoms with Gasteiger partial charge in [0.1, 0.15) is 0 Å². The highest BCUT2D eigenvalue weighted by Gasteiger charge is 2.01. The Hall–Kier alpha value is -1.39. The second-order valence-electron chi connectivity index (χ2n) is 3.82. The highest BCUT2D eigenvalue weighted by atomic mass is 16.6. The van der Waals surface area contributed by atoms with Crippen molar-refractivity contribution in [3.63, 3.8) is 0 Å². The second kappa shape index (κ2) is 6.98. The Morgan fingerprint density at radius 1 is 1.31 bits per heavy atom. The van der Waals surface area contributed by atoms with Gasteiger partial charge < -0.3 is 5.32 Å². The maximum atomic E-state index is 11.2. The van der Waals surface area contributed by atoms with Gasteiger partial charge in [-0.15, -0.1) is 0 Å². The summed E-state index contributed by atoms with van der Waals surface area (Å²) in [5.41, 5.74) is 3.70. The molecule has 0 fully saturated rings. The number of amides is 1. The molecular formula is C12H18N2O2. The molecule has 0 radical (unpaired) electrons. The summed E-state index contributed by atoms with van der Waals surface area (Å²) in [6.45, 7) is 4.46. The van der Waals surface area contributed by atoms with Crippen molar-refractivity contribution < 1.29 is 9.63 Å². The molecule has 16 heavy (non-hydrogen) atoms. The molecule has 0 bridgehead atoms. The maximum absolute atomic E-state index is 11.2. The first-order valence-electron chi connectivity index (χ1n) is 5.36. The third kappa shape index (κ3) is 5.48. The third-order valence-electron chi connectivity index (χ3n) is 1.87. The van der Waals surface area contributed by atoms with E-state index in [9.17, 15) is 4.79 Å². The van der Waals surface area contributed by atoms with E-state index >= 15 is 0 Å². The molecule has 0 saturated carbocycles. The zero-order valence-electron chi connectivity index (χ0n) is 9.69. The normalized spacial score (nSPS) is 10.4. The van der Waals surface area contributed by atoms with Gasteiger partial charge in [-0.1, -0.05) is 30.3 Å². The van der Waals surface area contributed by atoms with Gasteiger partial charge in [-0.05, 0) is 19.4 Å². The summed E-state index contributed by atoms with van der Waals surface area (Å²) in [5.74, 6) is -0.0666. The van der Waals surface area contributed by atoms with Crippen LogP contribution in [0, 0.1) is 0 Å². The van der Waals surface area contributed by atoms with Gasteiger partial charge >= 0.3 is 0 Å². The maximum Gasteiger partial charge on any atom is 0.236 e. The van der Waals surface area contributed by atoms with Crippen LogP contribution in [0.25, 0.3) is 0 Å². The first-order valence-corrected chi connectivity index (χ1v) is 5.36. The van der Waals surface area contributed by atoms with Crippen molar-refractivity contribution in [3.8, 4) is 0 Å². The summed E-state index contributed by atoms with van der Waals surface area (Å²) in [6.07, 6.45) is 0. The van der Waals surface area contributed by atoms with Gasteiger partial charge in [0.2, 0.25) is 5.91 Å². The Kier molecular flexibility index (Phi) is 5.53. The molecule has 2 N–H and O–H groups in total. The molecule has 1 aromatic carbocycles. The van der Waals surface area contributed by atoms with Crippen LogP contribution in [0.1, 0.15) is 19.4 Å². The summed E-state index contributed by atoms with van der Waals surface area (Å²) in [7, 11) is 0. The number of carbonyl (C=O) groups excluding carboxylic acids is 1. The van der Waals surface area contributed by atoms with Crippen LogP contribution in [0.5, 0.6) is 0 Å². The van der Waals surface area contributed by atoms with Crippen LogP contribution in [0.15, 0.2) is 30.3 Å². The van der Waals surface area contributed by atoms with Crippen molar-refractivity contribution in [2.75, 3.05) is 6.54 Å². The largest absolute Gasteiger partial charge is 0.353 e. The zero-order valence-corrected chi connectivity index (χ0v) is 9.69. The molecule has 0 aliphatic rings. The van der Waals surface area contributed by atoms with E-state index in [0.29, 0.717) is 6.61 Å². The van der Waals surface area contributed by atoms with Crippen LogP contribution < -0.4 is 10.8 Å². The minimum Gasteiger partial charge on any atom is -0.353 e. The molecule has 0 aromatic heterocycles. The Bertz CT molecular complexity index is 312. The van der Waals surface area contributed by atoms with Crippen molar-refractivity contribution in [2.45, 2.75) is 26.5 Å². The number of rotatable bonds is 6. The fourth-order valence-corrected chi connectivity index (χ4v) is 1.20. The molecule has 1 rings (SSSR count). The smallest absolute Gasteiger partial charge is 0.236 e. The van der Waals surface area contributed by atoms with Crippen molar-refractivity contribution in [2.24, 2.45) is 0 Å². The van der Waals surface area contributed by atoms with Crippen LogP contribution >= 0.6 is 0 Å². The monoisotopic (exact) mass is 222 g/mol. The lowest BCUT2D eigenvalue weighted by Gasteiger charge is -2.09. The summed E-state index contributed by atoms with van der Waals surface area (Å²) in [6, 6.07) is 9.94. The van der Waals surface area contributed by atoms with E-state index in [0.717, 1.165) is 5.56 Å². The fraction of sp³-hybridized carbons (Fsp3) is 0.417. The topological polar surface area (TPSA) is 50.4 Å². The lowest BCUT2D eigenvalue weighted by molar-refractivity contribution is -0.123. The number of hydrogen-bond acceptors (Lipinski definition) is 3. The Labute approximate surface area is 95.9 Å². The molecule has 0 saturated heterocycles.